The number of amides is 1. The molecule has 0 spiro atoms. The van der Waals surface area contributed by atoms with E-state index in [1.165, 1.54) is 0 Å². The number of benzene rings is 1. The second-order valence-electron chi connectivity index (χ2n) is 5.64. The smallest absolute Gasteiger partial charge is 0.260 e. The van der Waals surface area contributed by atoms with Crippen molar-refractivity contribution >= 4 is 11.6 Å². The van der Waals surface area contributed by atoms with Crippen LogP contribution in [0.4, 0.5) is 5.69 Å². The first-order chi connectivity index (χ1) is 11.7. The molecule has 24 heavy (non-hydrogen) atoms. The zero-order chi connectivity index (χ0) is 16.5. The van der Waals surface area contributed by atoms with E-state index >= 15 is 0 Å². The van der Waals surface area contributed by atoms with Crippen LogP contribution in [-0.4, -0.2) is 33.8 Å². The minimum atomic E-state index is -0.0796. The third-order valence-corrected chi connectivity index (χ3v) is 4.00. The number of carbonyl (C=O) groups excluding carboxylic acids is 1. The van der Waals surface area contributed by atoms with Gasteiger partial charge in [-0.3, -0.25) is 14.5 Å². The Morgan fingerprint density at radius 2 is 2.04 bits per heavy atom. The van der Waals surface area contributed by atoms with E-state index in [1.54, 1.807) is 28.2 Å². The van der Waals surface area contributed by atoms with Gasteiger partial charge in [0.05, 0.1) is 24.0 Å². The molecule has 0 atom stereocenters. The van der Waals surface area contributed by atoms with Gasteiger partial charge < -0.3 is 9.64 Å². The number of nitrogens with zero attached hydrogens (tertiary/aromatic N) is 4. The van der Waals surface area contributed by atoms with Gasteiger partial charge in [0.1, 0.15) is 12.4 Å². The van der Waals surface area contributed by atoms with Crippen LogP contribution in [0.3, 0.4) is 0 Å². The third-order valence-electron chi connectivity index (χ3n) is 4.00. The summed E-state index contributed by atoms with van der Waals surface area (Å²) < 4.78 is 7.34. The molecule has 2 aromatic heterocycles. The summed E-state index contributed by atoms with van der Waals surface area (Å²) in [6.45, 7) is 1.01. The molecule has 120 valence electrons. The Hall–Kier alpha value is -3.15. The highest BCUT2D eigenvalue weighted by atomic mass is 16.5. The molecular weight excluding hydrogens is 304 g/mol. The van der Waals surface area contributed by atoms with E-state index in [0.29, 0.717) is 18.7 Å². The zero-order valence-electron chi connectivity index (χ0n) is 13.2. The van der Waals surface area contributed by atoms with Crippen LogP contribution in [0.25, 0.3) is 11.1 Å². The fraction of sp³-hybridized carbons (Fsp3) is 0.167. The van der Waals surface area contributed by atoms with Crippen LogP contribution in [-0.2, 0) is 7.05 Å². The van der Waals surface area contributed by atoms with Gasteiger partial charge in [0.2, 0.25) is 0 Å². The number of hydrogen-bond donors (Lipinski definition) is 0. The van der Waals surface area contributed by atoms with Gasteiger partial charge in [0, 0.05) is 36.8 Å². The maximum absolute atomic E-state index is 13.0. The van der Waals surface area contributed by atoms with Crippen molar-refractivity contribution < 1.29 is 9.53 Å². The Labute approximate surface area is 139 Å². The normalized spacial score (nSPS) is 13.3. The summed E-state index contributed by atoms with van der Waals surface area (Å²) in [6, 6.07) is 9.42. The molecule has 1 amide bonds. The van der Waals surface area contributed by atoms with Crippen molar-refractivity contribution in [2.45, 2.75) is 0 Å². The van der Waals surface area contributed by atoms with Gasteiger partial charge >= 0.3 is 0 Å². The molecule has 3 aromatic rings. The Balaban J connectivity index is 1.69. The Morgan fingerprint density at radius 1 is 1.17 bits per heavy atom. The number of fused-ring (bicyclic) bond motifs is 1. The van der Waals surface area contributed by atoms with Crippen LogP contribution in [0.15, 0.2) is 55.1 Å². The molecule has 0 radical (unpaired) electrons. The second-order valence-corrected chi connectivity index (χ2v) is 5.64. The van der Waals surface area contributed by atoms with E-state index < -0.39 is 0 Å². The van der Waals surface area contributed by atoms with Crippen molar-refractivity contribution in [3.8, 4) is 16.9 Å². The van der Waals surface area contributed by atoms with Crippen LogP contribution in [0.1, 0.15) is 10.4 Å². The molecule has 0 bridgehead atoms. The van der Waals surface area contributed by atoms with E-state index in [2.05, 4.69) is 10.1 Å². The van der Waals surface area contributed by atoms with E-state index in [0.717, 1.165) is 22.6 Å². The van der Waals surface area contributed by atoms with Gasteiger partial charge in [-0.25, -0.2) is 0 Å². The van der Waals surface area contributed by atoms with Crippen molar-refractivity contribution in [2.75, 3.05) is 18.1 Å². The molecule has 1 aliphatic heterocycles. The number of aromatic nitrogens is 3. The van der Waals surface area contributed by atoms with Crippen LogP contribution in [0, 0.1) is 0 Å². The fourth-order valence-electron chi connectivity index (χ4n) is 2.82. The molecule has 4 rings (SSSR count). The first kappa shape index (κ1) is 14.4. The molecule has 6 nitrogen and oxygen atoms in total. The van der Waals surface area contributed by atoms with E-state index in [4.69, 9.17) is 4.74 Å². The molecule has 0 saturated heterocycles. The average molecular weight is 320 g/mol. The molecule has 6 heteroatoms. The van der Waals surface area contributed by atoms with Crippen LogP contribution >= 0.6 is 0 Å². The van der Waals surface area contributed by atoms with Gasteiger partial charge in [-0.2, -0.15) is 5.10 Å². The fourth-order valence-corrected chi connectivity index (χ4v) is 2.82. The van der Waals surface area contributed by atoms with Crippen molar-refractivity contribution in [1.29, 1.82) is 0 Å². The van der Waals surface area contributed by atoms with Crippen LogP contribution < -0.4 is 9.64 Å². The van der Waals surface area contributed by atoms with Gasteiger partial charge in [0.25, 0.3) is 5.91 Å². The number of anilines is 1. The van der Waals surface area contributed by atoms with E-state index in [9.17, 15) is 4.79 Å². The van der Waals surface area contributed by atoms with Gasteiger partial charge in [-0.05, 0) is 18.2 Å². The summed E-state index contributed by atoms with van der Waals surface area (Å²) in [5.74, 6) is 0.650. The summed E-state index contributed by atoms with van der Waals surface area (Å²) >= 11 is 0. The van der Waals surface area contributed by atoms with Gasteiger partial charge in [-0.1, -0.05) is 12.1 Å². The van der Waals surface area contributed by atoms with Crippen LogP contribution in [0.2, 0.25) is 0 Å². The highest BCUT2D eigenvalue weighted by Gasteiger charge is 2.24. The number of rotatable bonds is 2. The van der Waals surface area contributed by atoms with Gasteiger partial charge in [-0.15, -0.1) is 0 Å². The highest BCUT2D eigenvalue weighted by molar-refractivity contribution is 6.07. The lowest BCUT2D eigenvalue weighted by molar-refractivity contribution is 0.0976. The standard InChI is InChI=1S/C18H16N4O2/c1-21-12-15(11-20-21)13-8-14(10-19-9-13)18(23)22-6-7-24-17-5-3-2-4-16(17)22/h2-5,8-12H,6-7H2,1H3. The minimum Gasteiger partial charge on any atom is -0.490 e. The predicted molar refractivity (Wildman–Crippen MR) is 90.1 cm³/mol. The van der Waals surface area contributed by atoms with Crippen molar-refractivity contribution in [1.82, 2.24) is 14.8 Å². The molecule has 1 aromatic carbocycles. The largest absolute Gasteiger partial charge is 0.490 e. The summed E-state index contributed by atoms with van der Waals surface area (Å²) in [6.07, 6.45) is 6.99. The lowest BCUT2D eigenvalue weighted by Crippen LogP contribution is -2.38. The van der Waals surface area contributed by atoms with Crippen molar-refractivity contribution in [3.63, 3.8) is 0 Å². The number of hydrogen-bond acceptors (Lipinski definition) is 4. The quantitative estimate of drug-likeness (QED) is 0.728. The minimum absolute atomic E-state index is 0.0796. The number of ether oxygens (including phenoxy) is 1. The maximum atomic E-state index is 13.0. The first-order valence-electron chi connectivity index (χ1n) is 7.70. The zero-order valence-corrected chi connectivity index (χ0v) is 13.2. The maximum Gasteiger partial charge on any atom is 0.260 e. The molecule has 1 aliphatic rings. The molecule has 3 heterocycles. The number of carbonyl (C=O) groups is 1. The van der Waals surface area contributed by atoms with E-state index in [-0.39, 0.29) is 5.91 Å². The Kier molecular flexibility index (Phi) is 3.49. The lowest BCUT2D eigenvalue weighted by Gasteiger charge is -2.29. The monoisotopic (exact) mass is 320 g/mol. The first-order valence-corrected chi connectivity index (χ1v) is 7.70. The highest BCUT2D eigenvalue weighted by Crippen LogP contribution is 2.32. The molecule has 0 aliphatic carbocycles. The Morgan fingerprint density at radius 3 is 2.88 bits per heavy atom. The summed E-state index contributed by atoms with van der Waals surface area (Å²) in [7, 11) is 1.86. The molecule has 0 N–H and O–H groups in total. The van der Waals surface area contributed by atoms with Crippen LogP contribution in [0.5, 0.6) is 5.75 Å². The van der Waals surface area contributed by atoms with Crippen molar-refractivity contribution in [2.24, 2.45) is 7.05 Å². The number of para-hydroxylation sites is 2. The second kappa shape index (κ2) is 5.81. The van der Waals surface area contributed by atoms with E-state index in [1.807, 2.05) is 43.6 Å². The third kappa shape index (κ3) is 2.52. The Bertz CT molecular complexity index is 903. The summed E-state index contributed by atoms with van der Waals surface area (Å²) in [4.78, 5) is 18.9. The predicted octanol–water partition coefficient (Wildman–Crippen LogP) is 2.52. The lowest BCUT2D eigenvalue weighted by atomic mass is 10.1. The number of aryl methyl sites for hydroxylation is 1. The SMILES string of the molecule is Cn1cc(-c2cncc(C(=O)N3CCOc4ccccc43)c2)cn1. The summed E-state index contributed by atoms with van der Waals surface area (Å²) in [5.41, 5.74) is 3.14. The van der Waals surface area contributed by atoms with Crippen molar-refractivity contribution in [3.05, 3.63) is 60.7 Å². The topological polar surface area (TPSA) is 60.2 Å². The molecular formula is C18H16N4O2. The number of pyridine rings is 1. The summed E-state index contributed by atoms with van der Waals surface area (Å²) in [5, 5.41) is 4.16. The molecule has 0 unspecified atom stereocenters. The molecule has 0 fully saturated rings. The molecule has 0 saturated carbocycles. The van der Waals surface area contributed by atoms with Gasteiger partial charge in [0.15, 0.2) is 0 Å². The average Bonchev–Trinajstić information content (AvgIpc) is 3.07.